The summed E-state index contributed by atoms with van der Waals surface area (Å²) in [4.78, 5) is 3.02. The first-order chi connectivity index (χ1) is 8.93. The van der Waals surface area contributed by atoms with Gasteiger partial charge in [-0.15, -0.1) is 0 Å². The van der Waals surface area contributed by atoms with Crippen LogP contribution < -0.4 is 0 Å². The van der Waals surface area contributed by atoms with Crippen molar-refractivity contribution < 1.29 is 0 Å². The van der Waals surface area contributed by atoms with Crippen LogP contribution in [0.15, 0.2) is 36.7 Å². The fraction of sp³-hybridized carbons (Fsp3) is 0.353. The van der Waals surface area contributed by atoms with E-state index in [1.54, 1.807) is 0 Å². The Bertz CT molecular complexity index is 595. The SMILES string of the molecule is Cc1cc(C(C)(C)C)ccc1C(C#N)c1cc[nH]c1. The smallest absolute Gasteiger partial charge is 0.0979 e. The summed E-state index contributed by atoms with van der Waals surface area (Å²) < 4.78 is 0. The number of nitriles is 1. The van der Waals surface area contributed by atoms with Gasteiger partial charge in [-0.1, -0.05) is 39.0 Å². The van der Waals surface area contributed by atoms with Crippen molar-refractivity contribution in [2.75, 3.05) is 0 Å². The van der Waals surface area contributed by atoms with Gasteiger partial charge in [0.25, 0.3) is 0 Å². The first-order valence-corrected chi connectivity index (χ1v) is 6.57. The van der Waals surface area contributed by atoms with Gasteiger partial charge < -0.3 is 4.98 Å². The van der Waals surface area contributed by atoms with Crippen LogP contribution in [0.5, 0.6) is 0 Å². The van der Waals surface area contributed by atoms with Gasteiger partial charge in [-0.3, -0.25) is 0 Å². The van der Waals surface area contributed by atoms with Gasteiger partial charge in [0.2, 0.25) is 0 Å². The van der Waals surface area contributed by atoms with E-state index in [1.807, 2.05) is 18.5 Å². The van der Waals surface area contributed by atoms with Gasteiger partial charge in [0.05, 0.1) is 12.0 Å². The van der Waals surface area contributed by atoms with E-state index in [0.717, 1.165) is 11.1 Å². The number of hydrogen-bond acceptors (Lipinski definition) is 1. The highest BCUT2D eigenvalue weighted by Crippen LogP contribution is 2.30. The maximum absolute atomic E-state index is 9.44. The Morgan fingerprint density at radius 2 is 1.95 bits per heavy atom. The molecule has 0 aliphatic carbocycles. The zero-order valence-electron chi connectivity index (χ0n) is 12.0. The molecule has 1 aromatic heterocycles. The van der Waals surface area contributed by atoms with Crippen LogP contribution in [0.1, 0.15) is 48.9 Å². The van der Waals surface area contributed by atoms with Gasteiger partial charge in [0.15, 0.2) is 0 Å². The van der Waals surface area contributed by atoms with E-state index in [4.69, 9.17) is 0 Å². The quantitative estimate of drug-likeness (QED) is 0.851. The fourth-order valence-corrected chi connectivity index (χ4v) is 2.31. The number of hydrogen-bond donors (Lipinski definition) is 1. The Labute approximate surface area is 115 Å². The lowest BCUT2D eigenvalue weighted by molar-refractivity contribution is 0.589. The number of rotatable bonds is 2. The van der Waals surface area contributed by atoms with Crippen molar-refractivity contribution >= 4 is 0 Å². The molecule has 0 saturated carbocycles. The van der Waals surface area contributed by atoms with Crippen LogP contribution in [0.3, 0.4) is 0 Å². The lowest BCUT2D eigenvalue weighted by Gasteiger charge is -2.21. The molecule has 2 nitrogen and oxygen atoms in total. The van der Waals surface area contributed by atoms with Crippen LogP contribution in [0.2, 0.25) is 0 Å². The van der Waals surface area contributed by atoms with E-state index in [-0.39, 0.29) is 11.3 Å². The molecule has 0 fully saturated rings. The molecule has 1 unspecified atom stereocenters. The predicted octanol–water partition coefficient (Wildman–Crippen LogP) is 4.28. The highest BCUT2D eigenvalue weighted by Gasteiger charge is 2.19. The molecule has 0 radical (unpaired) electrons. The third kappa shape index (κ3) is 2.71. The number of nitrogens with zero attached hydrogens (tertiary/aromatic N) is 1. The van der Waals surface area contributed by atoms with Gasteiger partial charge in [0, 0.05) is 12.4 Å². The average molecular weight is 252 g/mol. The number of aromatic nitrogens is 1. The first kappa shape index (κ1) is 13.4. The van der Waals surface area contributed by atoms with E-state index in [2.05, 4.69) is 56.9 Å². The van der Waals surface area contributed by atoms with Crippen LogP contribution in [0.4, 0.5) is 0 Å². The van der Waals surface area contributed by atoms with Gasteiger partial charge in [-0.2, -0.15) is 5.26 Å². The Kier molecular flexibility index (Phi) is 3.48. The van der Waals surface area contributed by atoms with E-state index in [9.17, 15) is 5.26 Å². The average Bonchev–Trinajstić information content (AvgIpc) is 2.84. The van der Waals surface area contributed by atoms with Crippen LogP contribution >= 0.6 is 0 Å². The van der Waals surface area contributed by atoms with Crippen LogP contribution in [-0.2, 0) is 5.41 Å². The largest absolute Gasteiger partial charge is 0.367 e. The normalized spacial score (nSPS) is 13.0. The van der Waals surface area contributed by atoms with Crippen LogP contribution in [0, 0.1) is 18.3 Å². The predicted molar refractivity (Wildman–Crippen MR) is 78.1 cm³/mol. The molecule has 0 amide bonds. The summed E-state index contributed by atoms with van der Waals surface area (Å²) in [6.45, 7) is 8.70. The molecule has 1 aromatic carbocycles. The van der Waals surface area contributed by atoms with Crippen molar-refractivity contribution in [1.82, 2.24) is 4.98 Å². The minimum atomic E-state index is -0.194. The molecule has 1 N–H and O–H groups in total. The molecule has 1 atom stereocenters. The van der Waals surface area contributed by atoms with Gasteiger partial charge in [-0.05, 0) is 40.7 Å². The lowest BCUT2D eigenvalue weighted by atomic mass is 9.83. The second-order valence-electron chi connectivity index (χ2n) is 6.03. The van der Waals surface area contributed by atoms with Gasteiger partial charge >= 0.3 is 0 Å². The van der Waals surface area contributed by atoms with E-state index in [1.165, 1.54) is 11.1 Å². The Morgan fingerprint density at radius 1 is 1.21 bits per heavy atom. The maximum atomic E-state index is 9.44. The van der Waals surface area contributed by atoms with Crippen LogP contribution in [0.25, 0.3) is 0 Å². The standard InChI is InChI=1S/C17H20N2/c1-12-9-14(17(2,3)4)5-6-15(12)16(10-18)13-7-8-19-11-13/h5-9,11,16,19H,1-4H3. The summed E-state index contributed by atoms with van der Waals surface area (Å²) in [5, 5.41) is 9.44. The topological polar surface area (TPSA) is 39.6 Å². The second-order valence-corrected chi connectivity index (χ2v) is 6.03. The van der Waals surface area contributed by atoms with Gasteiger partial charge in [0.1, 0.15) is 0 Å². The molecule has 2 heteroatoms. The zero-order valence-corrected chi connectivity index (χ0v) is 12.0. The fourth-order valence-electron chi connectivity index (χ4n) is 2.31. The van der Waals surface area contributed by atoms with E-state index in [0.29, 0.717) is 0 Å². The third-order valence-electron chi connectivity index (χ3n) is 3.53. The van der Waals surface area contributed by atoms with E-state index >= 15 is 0 Å². The molecular weight excluding hydrogens is 232 g/mol. The van der Waals surface area contributed by atoms with Crippen molar-refractivity contribution in [2.24, 2.45) is 0 Å². The number of benzene rings is 1. The van der Waals surface area contributed by atoms with Crippen molar-refractivity contribution in [1.29, 1.82) is 5.26 Å². The number of nitrogens with one attached hydrogen (secondary N) is 1. The summed E-state index contributed by atoms with van der Waals surface area (Å²) in [5.74, 6) is -0.194. The number of aryl methyl sites for hydroxylation is 1. The molecule has 0 aliphatic rings. The molecule has 0 aliphatic heterocycles. The molecule has 0 bridgehead atoms. The Balaban J connectivity index is 2.44. The molecule has 0 spiro atoms. The monoisotopic (exact) mass is 252 g/mol. The van der Waals surface area contributed by atoms with Crippen molar-refractivity contribution in [2.45, 2.75) is 39.0 Å². The summed E-state index contributed by atoms with van der Waals surface area (Å²) in [6.07, 6.45) is 3.75. The molecule has 2 rings (SSSR count). The van der Waals surface area contributed by atoms with Gasteiger partial charge in [-0.25, -0.2) is 0 Å². The first-order valence-electron chi connectivity index (χ1n) is 6.57. The molecule has 0 saturated heterocycles. The minimum absolute atomic E-state index is 0.138. The molecule has 98 valence electrons. The number of aromatic amines is 1. The summed E-state index contributed by atoms with van der Waals surface area (Å²) in [5.41, 5.74) is 4.74. The van der Waals surface area contributed by atoms with Crippen molar-refractivity contribution in [3.8, 4) is 6.07 Å². The summed E-state index contributed by atoms with van der Waals surface area (Å²) in [7, 11) is 0. The highest BCUT2D eigenvalue weighted by atomic mass is 14.6. The van der Waals surface area contributed by atoms with Crippen LogP contribution in [-0.4, -0.2) is 4.98 Å². The summed E-state index contributed by atoms with van der Waals surface area (Å²) >= 11 is 0. The molecule has 2 aromatic rings. The van der Waals surface area contributed by atoms with Crippen molar-refractivity contribution in [3.05, 3.63) is 58.9 Å². The van der Waals surface area contributed by atoms with E-state index < -0.39 is 0 Å². The minimum Gasteiger partial charge on any atom is -0.367 e. The second kappa shape index (κ2) is 4.93. The Morgan fingerprint density at radius 3 is 2.42 bits per heavy atom. The Hall–Kier alpha value is -2.01. The number of H-pyrrole nitrogens is 1. The highest BCUT2D eigenvalue weighted by molar-refractivity contribution is 5.44. The molecule has 19 heavy (non-hydrogen) atoms. The van der Waals surface area contributed by atoms with Crippen molar-refractivity contribution in [3.63, 3.8) is 0 Å². The lowest BCUT2D eigenvalue weighted by Crippen LogP contribution is -2.12. The zero-order chi connectivity index (χ0) is 14.0. The third-order valence-corrected chi connectivity index (χ3v) is 3.53. The summed E-state index contributed by atoms with van der Waals surface area (Å²) in [6, 6.07) is 10.8. The molecule has 1 heterocycles. The molecular formula is C17H20N2. The maximum Gasteiger partial charge on any atom is 0.0979 e.